The van der Waals surface area contributed by atoms with Gasteiger partial charge in [0.15, 0.2) is 6.61 Å². The fourth-order valence-corrected chi connectivity index (χ4v) is 3.56. The first-order valence-electron chi connectivity index (χ1n) is 7.91. The SMILES string of the molecule is C=CS(=O)(=O)NC1CCN(C(=O)COc2nc(C)c(C)cc2Cl)CC1. The molecular formula is C16H22ClN3O4S. The summed E-state index contributed by atoms with van der Waals surface area (Å²) in [6.07, 6.45) is 1.09. The molecule has 0 atom stereocenters. The molecule has 1 saturated heterocycles. The quantitative estimate of drug-likeness (QED) is 0.803. The number of amides is 1. The average Bonchev–Trinajstić information content (AvgIpc) is 2.57. The third kappa shape index (κ3) is 5.42. The van der Waals surface area contributed by atoms with Gasteiger partial charge >= 0.3 is 0 Å². The number of hydrogen-bond donors (Lipinski definition) is 1. The number of aromatic nitrogens is 1. The largest absolute Gasteiger partial charge is 0.466 e. The van der Waals surface area contributed by atoms with E-state index in [0.29, 0.717) is 31.0 Å². The second kappa shape index (κ2) is 8.16. The molecule has 9 heteroatoms. The zero-order valence-electron chi connectivity index (χ0n) is 14.3. The van der Waals surface area contributed by atoms with Crippen LogP contribution >= 0.6 is 11.6 Å². The first kappa shape index (κ1) is 19.7. The zero-order valence-corrected chi connectivity index (χ0v) is 15.9. The van der Waals surface area contributed by atoms with Crippen molar-refractivity contribution in [1.82, 2.24) is 14.6 Å². The van der Waals surface area contributed by atoms with Gasteiger partial charge in [-0.2, -0.15) is 0 Å². The number of halogens is 1. The molecule has 1 aliphatic heterocycles. The van der Waals surface area contributed by atoms with Crippen molar-refractivity contribution < 1.29 is 17.9 Å². The van der Waals surface area contributed by atoms with Crippen LogP contribution in [-0.4, -0.2) is 49.9 Å². The standard InChI is InChI=1S/C16H22ClN3O4S/c1-4-25(22,23)19-13-5-7-20(8-6-13)15(21)10-24-16-14(17)9-11(2)12(3)18-16/h4,9,13,19H,1,5-8,10H2,2-3H3. The molecule has 1 aliphatic rings. The van der Waals surface area contributed by atoms with E-state index in [1.54, 1.807) is 11.0 Å². The maximum atomic E-state index is 12.3. The van der Waals surface area contributed by atoms with Crippen molar-refractivity contribution in [3.05, 3.63) is 34.3 Å². The van der Waals surface area contributed by atoms with E-state index in [1.165, 1.54) is 0 Å². The van der Waals surface area contributed by atoms with Crippen LogP contribution in [0.4, 0.5) is 0 Å². The van der Waals surface area contributed by atoms with Crippen LogP contribution in [0.15, 0.2) is 18.1 Å². The van der Waals surface area contributed by atoms with Crippen molar-refractivity contribution in [2.75, 3.05) is 19.7 Å². The summed E-state index contributed by atoms with van der Waals surface area (Å²) in [6, 6.07) is 1.56. The molecule has 1 aromatic heterocycles. The van der Waals surface area contributed by atoms with Crippen molar-refractivity contribution in [2.45, 2.75) is 32.7 Å². The van der Waals surface area contributed by atoms with E-state index in [1.807, 2.05) is 13.8 Å². The molecule has 0 bridgehead atoms. The number of sulfonamides is 1. The molecule has 0 aliphatic carbocycles. The summed E-state index contributed by atoms with van der Waals surface area (Å²) in [4.78, 5) is 18.1. The maximum Gasteiger partial charge on any atom is 0.260 e. The second-order valence-corrected chi connectivity index (χ2v) is 8.02. The molecule has 1 N–H and O–H groups in total. The summed E-state index contributed by atoms with van der Waals surface area (Å²) in [7, 11) is -3.45. The molecule has 0 radical (unpaired) electrons. The van der Waals surface area contributed by atoms with Gasteiger partial charge in [-0.3, -0.25) is 4.79 Å². The first-order chi connectivity index (χ1) is 11.7. The smallest absolute Gasteiger partial charge is 0.260 e. The minimum Gasteiger partial charge on any atom is -0.466 e. The lowest BCUT2D eigenvalue weighted by Crippen LogP contribution is -2.47. The van der Waals surface area contributed by atoms with Crippen molar-refractivity contribution >= 4 is 27.5 Å². The lowest BCUT2D eigenvalue weighted by atomic mass is 10.1. The topological polar surface area (TPSA) is 88.6 Å². The number of aryl methyl sites for hydroxylation is 2. The first-order valence-corrected chi connectivity index (χ1v) is 9.83. The summed E-state index contributed by atoms with van der Waals surface area (Å²) >= 11 is 6.08. The Balaban J connectivity index is 1.85. The van der Waals surface area contributed by atoms with Crippen molar-refractivity contribution in [3.8, 4) is 5.88 Å². The molecule has 0 saturated carbocycles. The third-order valence-electron chi connectivity index (χ3n) is 4.12. The van der Waals surface area contributed by atoms with Crippen LogP contribution in [0.25, 0.3) is 0 Å². The Bertz CT molecular complexity index is 759. The highest BCUT2D eigenvalue weighted by molar-refractivity contribution is 7.92. The number of ether oxygens (including phenoxy) is 1. The third-order valence-corrected chi connectivity index (χ3v) is 5.49. The van der Waals surface area contributed by atoms with E-state index >= 15 is 0 Å². The number of pyridine rings is 1. The van der Waals surface area contributed by atoms with Crippen molar-refractivity contribution in [3.63, 3.8) is 0 Å². The molecule has 0 spiro atoms. The minimum atomic E-state index is -3.45. The molecule has 2 heterocycles. The molecule has 7 nitrogen and oxygen atoms in total. The van der Waals surface area contributed by atoms with Gasteiger partial charge in [0.2, 0.25) is 15.9 Å². The molecule has 1 aromatic rings. The van der Waals surface area contributed by atoms with Crippen molar-refractivity contribution in [2.24, 2.45) is 0 Å². The molecule has 1 amide bonds. The van der Waals surface area contributed by atoms with Gasteiger partial charge in [0, 0.05) is 30.2 Å². The highest BCUT2D eigenvalue weighted by Crippen LogP contribution is 2.24. The van der Waals surface area contributed by atoms with Crippen LogP contribution in [0.2, 0.25) is 5.02 Å². The highest BCUT2D eigenvalue weighted by atomic mass is 35.5. The Morgan fingerprint density at radius 3 is 2.72 bits per heavy atom. The number of piperidine rings is 1. The molecule has 2 rings (SSSR count). The fraction of sp³-hybridized carbons (Fsp3) is 0.500. The summed E-state index contributed by atoms with van der Waals surface area (Å²) < 4.78 is 30.9. The molecular weight excluding hydrogens is 366 g/mol. The van der Waals surface area contributed by atoms with Gasteiger partial charge in [-0.25, -0.2) is 18.1 Å². The van der Waals surface area contributed by atoms with Gasteiger partial charge in [0.25, 0.3) is 5.91 Å². The van der Waals surface area contributed by atoms with Crippen molar-refractivity contribution in [1.29, 1.82) is 0 Å². The molecule has 0 unspecified atom stereocenters. The fourth-order valence-electron chi connectivity index (χ4n) is 2.50. The maximum absolute atomic E-state index is 12.3. The normalized spacial score (nSPS) is 15.9. The summed E-state index contributed by atoms with van der Waals surface area (Å²) in [5.74, 6) is 0.0628. The number of rotatable bonds is 6. The Morgan fingerprint density at radius 1 is 1.48 bits per heavy atom. The van der Waals surface area contributed by atoms with Crippen LogP contribution in [0.1, 0.15) is 24.1 Å². The Kier molecular flexibility index (Phi) is 6.42. The summed E-state index contributed by atoms with van der Waals surface area (Å²) in [5, 5.41) is 1.26. The van der Waals surface area contributed by atoms with Crippen LogP contribution in [-0.2, 0) is 14.8 Å². The second-order valence-electron chi connectivity index (χ2n) is 5.95. The van der Waals surface area contributed by atoms with Gasteiger partial charge in [-0.05, 0) is 38.3 Å². The van der Waals surface area contributed by atoms with Gasteiger partial charge in [-0.1, -0.05) is 18.2 Å². The van der Waals surface area contributed by atoms with Gasteiger partial charge in [-0.15, -0.1) is 0 Å². The number of hydrogen-bond acceptors (Lipinski definition) is 5. The summed E-state index contributed by atoms with van der Waals surface area (Å²) in [5.41, 5.74) is 1.75. The number of nitrogens with one attached hydrogen (secondary N) is 1. The Labute approximate surface area is 153 Å². The predicted octanol–water partition coefficient (Wildman–Crippen LogP) is 1.78. The lowest BCUT2D eigenvalue weighted by Gasteiger charge is -2.31. The van der Waals surface area contributed by atoms with Gasteiger partial charge in [0.05, 0.1) is 0 Å². The van der Waals surface area contributed by atoms with E-state index in [9.17, 15) is 13.2 Å². The average molecular weight is 388 g/mol. The number of carbonyl (C=O) groups is 1. The van der Waals surface area contributed by atoms with E-state index in [4.69, 9.17) is 16.3 Å². The van der Waals surface area contributed by atoms with Crippen LogP contribution < -0.4 is 9.46 Å². The van der Waals surface area contributed by atoms with Gasteiger partial charge < -0.3 is 9.64 Å². The number of nitrogens with zero attached hydrogens (tertiary/aromatic N) is 2. The minimum absolute atomic E-state index is 0.154. The van der Waals surface area contributed by atoms with Crippen LogP contribution in [0.5, 0.6) is 5.88 Å². The molecule has 1 fully saturated rings. The zero-order chi connectivity index (χ0) is 18.6. The van der Waals surface area contributed by atoms with E-state index in [2.05, 4.69) is 16.3 Å². The van der Waals surface area contributed by atoms with E-state index in [-0.39, 0.29) is 24.4 Å². The Morgan fingerprint density at radius 2 is 2.12 bits per heavy atom. The van der Waals surface area contributed by atoms with Crippen LogP contribution in [0, 0.1) is 13.8 Å². The Hall–Kier alpha value is -1.64. The molecule has 0 aromatic carbocycles. The van der Waals surface area contributed by atoms with Crippen LogP contribution in [0.3, 0.4) is 0 Å². The number of likely N-dealkylation sites (tertiary alicyclic amines) is 1. The van der Waals surface area contributed by atoms with E-state index < -0.39 is 10.0 Å². The monoisotopic (exact) mass is 387 g/mol. The van der Waals surface area contributed by atoms with E-state index in [0.717, 1.165) is 16.7 Å². The lowest BCUT2D eigenvalue weighted by molar-refractivity contribution is -0.134. The molecule has 138 valence electrons. The highest BCUT2D eigenvalue weighted by Gasteiger charge is 2.25. The molecule has 25 heavy (non-hydrogen) atoms. The predicted molar refractivity (Wildman–Crippen MR) is 96.1 cm³/mol. The van der Waals surface area contributed by atoms with Gasteiger partial charge in [0.1, 0.15) is 5.02 Å². The number of carbonyl (C=O) groups excluding carboxylic acids is 1. The summed E-state index contributed by atoms with van der Waals surface area (Å²) in [6.45, 7) is 7.77.